The molecule has 0 aromatic carbocycles. The van der Waals surface area contributed by atoms with Crippen LogP contribution >= 0.6 is 0 Å². The van der Waals surface area contributed by atoms with Gasteiger partial charge in [0.25, 0.3) is 0 Å². The number of carbonyl (C=O) groups is 1. The lowest BCUT2D eigenvalue weighted by Gasteiger charge is -2.08. The molecule has 82 valence electrons. The standard InChI is InChI=1S/C12H12N2O2/c1-3-9(15)11-10(16-2)7-14-8-5-4-6-13-12(8)11/h4-7H,3H2,1-2H3. The average Bonchev–Trinajstić information content (AvgIpc) is 2.36. The molecule has 0 fully saturated rings. The summed E-state index contributed by atoms with van der Waals surface area (Å²) in [7, 11) is 1.53. The summed E-state index contributed by atoms with van der Waals surface area (Å²) in [6.45, 7) is 1.82. The Morgan fingerprint density at radius 1 is 1.44 bits per heavy atom. The molecule has 16 heavy (non-hydrogen) atoms. The molecule has 2 aromatic rings. The van der Waals surface area contributed by atoms with E-state index in [0.29, 0.717) is 28.8 Å². The van der Waals surface area contributed by atoms with Crippen molar-refractivity contribution in [2.75, 3.05) is 7.11 Å². The fourth-order valence-corrected chi connectivity index (χ4v) is 1.60. The van der Waals surface area contributed by atoms with Crippen LogP contribution in [0.25, 0.3) is 11.0 Å². The first kappa shape index (κ1) is 10.5. The molecule has 0 N–H and O–H groups in total. The number of rotatable bonds is 3. The lowest BCUT2D eigenvalue weighted by atomic mass is 10.1. The van der Waals surface area contributed by atoms with Gasteiger partial charge >= 0.3 is 0 Å². The SMILES string of the molecule is CCC(=O)c1c(OC)cnc2cccnc12. The monoisotopic (exact) mass is 216 g/mol. The first-order valence-electron chi connectivity index (χ1n) is 5.08. The molecule has 0 aliphatic heterocycles. The molecule has 2 rings (SSSR count). The number of hydrogen-bond donors (Lipinski definition) is 0. The van der Waals surface area contributed by atoms with Crippen LogP contribution in [0.4, 0.5) is 0 Å². The summed E-state index contributed by atoms with van der Waals surface area (Å²) >= 11 is 0. The Hall–Kier alpha value is -1.97. The van der Waals surface area contributed by atoms with Gasteiger partial charge in [-0.2, -0.15) is 0 Å². The molecule has 0 bridgehead atoms. The van der Waals surface area contributed by atoms with Crippen molar-refractivity contribution in [3.63, 3.8) is 0 Å². The van der Waals surface area contributed by atoms with E-state index in [1.165, 1.54) is 7.11 Å². The molecule has 2 aromatic heterocycles. The number of pyridine rings is 2. The maximum absolute atomic E-state index is 11.9. The zero-order chi connectivity index (χ0) is 11.5. The Bertz CT molecular complexity index is 538. The minimum atomic E-state index is 0.0166. The third kappa shape index (κ3) is 1.62. The minimum absolute atomic E-state index is 0.0166. The van der Waals surface area contributed by atoms with Gasteiger partial charge < -0.3 is 4.74 Å². The summed E-state index contributed by atoms with van der Waals surface area (Å²) in [5.41, 5.74) is 1.84. The van der Waals surface area contributed by atoms with Crippen LogP contribution in [-0.2, 0) is 0 Å². The molecule has 0 unspecified atom stereocenters. The highest BCUT2D eigenvalue weighted by molar-refractivity contribution is 6.07. The third-order valence-electron chi connectivity index (χ3n) is 2.41. The van der Waals surface area contributed by atoms with Gasteiger partial charge in [0.05, 0.1) is 24.4 Å². The second kappa shape index (κ2) is 4.26. The highest BCUT2D eigenvalue weighted by atomic mass is 16.5. The number of fused-ring (bicyclic) bond motifs is 1. The summed E-state index contributed by atoms with van der Waals surface area (Å²) < 4.78 is 5.15. The fraction of sp³-hybridized carbons (Fsp3) is 0.250. The quantitative estimate of drug-likeness (QED) is 0.738. The number of ketones is 1. The molecule has 0 spiro atoms. The number of aromatic nitrogens is 2. The van der Waals surface area contributed by atoms with Gasteiger partial charge in [0, 0.05) is 12.6 Å². The lowest BCUT2D eigenvalue weighted by Crippen LogP contribution is -2.03. The van der Waals surface area contributed by atoms with E-state index in [9.17, 15) is 4.79 Å². The Morgan fingerprint density at radius 2 is 2.25 bits per heavy atom. The van der Waals surface area contributed by atoms with Crippen LogP contribution in [0, 0.1) is 0 Å². The minimum Gasteiger partial charge on any atom is -0.494 e. The Labute approximate surface area is 93.3 Å². The van der Waals surface area contributed by atoms with Crippen molar-refractivity contribution in [2.45, 2.75) is 13.3 Å². The van der Waals surface area contributed by atoms with Gasteiger partial charge in [-0.15, -0.1) is 0 Å². The van der Waals surface area contributed by atoms with Gasteiger partial charge in [0.2, 0.25) is 0 Å². The van der Waals surface area contributed by atoms with Gasteiger partial charge in [-0.25, -0.2) is 0 Å². The van der Waals surface area contributed by atoms with Crippen LogP contribution in [0.1, 0.15) is 23.7 Å². The van der Waals surface area contributed by atoms with Crippen molar-refractivity contribution in [2.24, 2.45) is 0 Å². The predicted molar refractivity (Wildman–Crippen MR) is 60.7 cm³/mol. The summed E-state index contributed by atoms with van der Waals surface area (Å²) in [6.07, 6.45) is 3.63. The fourth-order valence-electron chi connectivity index (χ4n) is 1.60. The van der Waals surface area contributed by atoms with Crippen molar-refractivity contribution >= 4 is 16.8 Å². The van der Waals surface area contributed by atoms with E-state index in [4.69, 9.17) is 4.74 Å². The second-order valence-corrected chi connectivity index (χ2v) is 3.35. The van der Waals surface area contributed by atoms with Gasteiger partial charge in [-0.3, -0.25) is 14.8 Å². The van der Waals surface area contributed by atoms with E-state index in [1.807, 2.05) is 13.0 Å². The Morgan fingerprint density at radius 3 is 2.94 bits per heavy atom. The average molecular weight is 216 g/mol. The molecule has 0 saturated carbocycles. The van der Waals surface area contributed by atoms with Gasteiger partial charge in [0.15, 0.2) is 5.78 Å². The molecule has 4 heteroatoms. The van der Waals surface area contributed by atoms with E-state index in [1.54, 1.807) is 18.5 Å². The molecule has 4 nitrogen and oxygen atoms in total. The summed E-state index contributed by atoms with van der Waals surface area (Å²) in [6, 6.07) is 3.62. The first-order valence-corrected chi connectivity index (χ1v) is 5.08. The van der Waals surface area contributed by atoms with Crippen LogP contribution < -0.4 is 4.74 Å². The smallest absolute Gasteiger partial charge is 0.168 e. The number of methoxy groups -OCH3 is 1. The molecule has 0 atom stereocenters. The molecular formula is C12H12N2O2. The topological polar surface area (TPSA) is 52.1 Å². The zero-order valence-electron chi connectivity index (χ0n) is 9.23. The van der Waals surface area contributed by atoms with E-state index < -0.39 is 0 Å². The number of nitrogens with zero attached hydrogens (tertiary/aromatic N) is 2. The van der Waals surface area contributed by atoms with E-state index in [-0.39, 0.29) is 5.78 Å². The van der Waals surface area contributed by atoms with Crippen LogP contribution in [0.3, 0.4) is 0 Å². The van der Waals surface area contributed by atoms with E-state index in [2.05, 4.69) is 9.97 Å². The summed E-state index contributed by atoms with van der Waals surface area (Å²) in [4.78, 5) is 20.2. The maximum Gasteiger partial charge on any atom is 0.168 e. The van der Waals surface area contributed by atoms with Crippen LogP contribution in [0.2, 0.25) is 0 Å². The highest BCUT2D eigenvalue weighted by Crippen LogP contribution is 2.25. The highest BCUT2D eigenvalue weighted by Gasteiger charge is 2.16. The van der Waals surface area contributed by atoms with Gasteiger partial charge in [-0.1, -0.05) is 6.92 Å². The van der Waals surface area contributed by atoms with Gasteiger partial charge in [0.1, 0.15) is 11.3 Å². The lowest BCUT2D eigenvalue weighted by molar-refractivity contribution is 0.0986. The van der Waals surface area contributed by atoms with Crippen molar-refractivity contribution < 1.29 is 9.53 Å². The van der Waals surface area contributed by atoms with Crippen LogP contribution in [0.15, 0.2) is 24.5 Å². The summed E-state index contributed by atoms with van der Waals surface area (Å²) in [5.74, 6) is 0.501. The largest absolute Gasteiger partial charge is 0.494 e. The second-order valence-electron chi connectivity index (χ2n) is 3.35. The molecular weight excluding hydrogens is 204 g/mol. The third-order valence-corrected chi connectivity index (χ3v) is 2.41. The van der Waals surface area contributed by atoms with Crippen LogP contribution in [0.5, 0.6) is 5.75 Å². The Balaban J connectivity index is 2.78. The van der Waals surface area contributed by atoms with E-state index >= 15 is 0 Å². The number of Topliss-reactive ketones (excluding diaryl/α,β-unsaturated/α-hetero) is 1. The number of ether oxygens (including phenoxy) is 1. The first-order chi connectivity index (χ1) is 7.77. The van der Waals surface area contributed by atoms with E-state index in [0.717, 1.165) is 0 Å². The molecule has 0 saturated heterocycles. The number of hydrogen-bond acceptors (Lipinski definition) is 4. The maximum atomic E-state index is 11.9. The van der Waals surface area contributed by atoms with Crippen molar-refractivity contribution in [3.8, 4) is 5.75 Å². The molecule has 2 heterocycles. The Kier molecular flexibility index (Phi) is 2.81. The van der Waals surface area contributed by atoms with Crippen molar-refractivity contribution in [3.05, 3.63) is 30.1 Å². The summed E-state index contributed by atoms with van der Waals surface area (Å²) in [5, 5.41) is 0. The molecule has 0 radical (unpaired) electrons. The molecule has 0 amide bonds. The van der Waals surface area contributed by atoms with Crippen LogP contribution in [-0.4, -0.2) is 22.9 Å². The normalized spacial score (nSPS) is 10.4. The zero-order valence-corrected chi connectivity index (χ0v) is 9.23. The predicted octanol–water partition coefficient (Wildman–Crippen LogP) is 2.23. The molecule has 0 aliphatic carbocycles. The molecule has 0 aliphatic rings. The van der Waals surface area contributed by atoms with Gasteiger partial charge in [-0.05, 0) is 12.1 Å². The number of carbonyl (C=O) groups excluding carboxylic acids is 1. The van der Waals surface area contributed by atoms with Crippen molar-refractivity contribution in [1.82, 2.24) is 9.97 Å². The van der Waals surface area contributed by atoms with Crippen molar-refractivity contribution in [1.29, 1.82) is 0 Å².